The first-order valence-electron chi connectivity index (χ1n) is 5.57. The number of hydrazine groups is 1. The molecule has 0 radical (unpaired) electrons. The van der Waals surface area contributed by atoms with E-state index in [1.165, 1.54) is 29.7 Å². The van der Waals surface area contributed by atoms with Crippen LogP contribution >= 0.6 is 11.3 Å². The number of benzene rings is 1. The van der Waals surface area contributed by atoms with Gasteiger partial charge in [-0.05, 0) is 12.1 Å². The molecule has 0 aliphatic heterocycles. The minimum absolute atomic E-state index is 0.00440. The second kappa shape index (κ2) is 6.13. The Balaban J connectivity index is 2.37. The quantitative estimate of drug-likeness (QED) is 0.404. The van der Waals surface area contributed by atoms with Crippen LogP contribution in [-0.2, 0) is 16.6 Å². The molecule has 0 bridgehead atoms. The molecule has 11 heteroatoms. The first kappa shape index (κ1) is 15.3. The van der Waals surface area contributed by atoms with Gasteiger partial charge in [0.1, 0.15) is 5.69 Å². The summed E-state index contributed by atoms with van der Waals surface area (Å²) in [6, 6.07) is 3.83. The van der Waals surface area contributed by atoms with Gasteiger partial charge in [-0.1, -0.05) is 6.07 Å². The lowest BCUT2D eigenvalue weighted by Crippen LogP contribution is -2.24. The van der Waals surface area contributed by atoms with Crippen LogP contribution in [0.25, 0.3) is 0 Å². The Morgan fingerprint density at radius 1 is 1.43 bits per heavy atom. The maximum absolute atomic E-state index is 12.2. The van der Waals surface area contributed by atoms with E-state index in [1.54, 1.807) is 5.51 Å². The number of nitro groups is 1. The number of nitrogens with zero attached hydrogens (tertiary/aromatic N) is 2. The topological polar surface area (TPSA) is 140 Å². The van der Waals surface area contributed by atoms with Crippen molar-refractivity contribution in [3.8, 4) is 0 Å². The number of hydrogen-bond acceptors (Lipinski definition) is 8. The lowest BCUT2D eigenvalue weighted by atomic mass is 10.3. The van der Waals surface area contributed by atoms with Crippen molar-refractivity contribution in [1.82, 2.24) is 9.71 Å². The van der Waals surface area contributed by atoms with E-state index >= 15 is 0 Å². The van der Waals surface area contributed by atoms with Crippen molar-refractivity contribution in [2.75, 3.05) is 5.43 Å². The van der Waals surface area contributed by atoms with Crippen LogP contribution in [0.4, 0.5) is 11.4 Å². The Labute approximate surface area is 124 Å². The average Bonchev–Trinajstić information content (AvgIpc) is 2.97. The summed E-state index contributed by atoms with van der Waals surface area (Å²) < 4.78 is 26.7. The monoisotopic (exact) mass is 329 g/mol. The number of sulfonamides is 1. The molecule has 21 heavy (non-hydrogen) atoms. The molecular formula is C10H11N5O4S2. The first-order valence-corrected chi connectivity index (χ1v) is 7.93. The van der Waals surface area contributed by atoms with Crippen LogP contribution in [0.15, 0.2) is 34.8 Å². The summed E-state index contributed by atoms with van der Waals surface area (Å²) in [6.07, 6.45) is 1.51. The number of nitrogens with one attached hydrogen (secondary N) is 2. The number of anilines is 1. The zero-order valence-electron chi connectivity index (χ0n) is 10.5. The zero-order valence-corrected chi connectivity index (χ0v) is 12.1. The maximum atomic E-state index is 12.2. The molecular weight excluding hydrogens is 318 g/mol. The number of para-hydroxylation sites is 1. The summed E-state index contributed by atoms with van der Waals surface area (Å²) in [6.45, 7) is 0.00440. The van der Waals surface area contributed by atoms with Gasteiger partial charge >= 0.3 is 5.69 Å². The molecule has 0 atom stereocenters. The normalized spacial score (nSPS) is 11.3. The van der Waals surface area contributed by atoms with Crippen LogP contribution in [0.1, 0.15) is 4.88 Å². The summed E-state index contributed by atoms with van der Waals surface area (Å²) in [5.74, 6) is 5.18. The van der Waals surface area contributed by atoms with E-state index < -0.39 is 25.5 Å². The minimum atomic E-state index is -4.05. The van der Waals surface area contributed by atoms with Crippen LogP contribution in [0.2, 0.25) is 0 Å². The van der Waals surface area contributed by atoms with Crippen molar-refractivity contribution >= 4 is 32.7 Å². The molecule has 0 aliphatic rings. The van der Waals surface area contributed by atoms with Crippen molar-refractivity contribution in [2.45, 2.75) is 11.4 Å². The molecule has 1 aromatic carbocycles. The number of hydrogen-bond donors (Lipinski definition) is 3. The Hall–Kier alpha value is -2.08. The van der Waals surface area contributed by atoms with Gasteiger partial charge in [-0.2, -0.15) is 0 Å². The standard InChI is InChI=1S/C10H11N5O4S2/c11-14-8-2-1-3-9(10(8)15(16)17)21(18,19)13-5-7-4-12-6-20-7/h1-4,6,13-14H,5,11H2. The van der Waals surface area contributed by atoms with Gasteiger partial charge in [0.15, 0.2) is 4.90 Å². The number of aromatic nitrogens is 1. The predicted octanol–water partition coefficient (Wildman–Crippen LogP) is 0.815. The van der Waals surface area contributed by atoms with Gasteiger partial charge < -0.3 is 5.43 Å². The Bertz CT molecular complexity index is 745. The van der Waals surface area contributed by atoms with Gasteiger partial charge in [0, 0.05) is 17.6 Å². The molecule has 1 aromatic heterocycles. The van der Waals surface area contributed by atoms with E-state index in [1.807, 2.05) is 0 Å². The Morgan fingerprint density at radius 2 is 2.19 bits per heavy atom. The second-order valence-corrected chi connectivity index (χ2v) is 6.55. The number of nitrogens with two attached hydrogens (primary N) is 1. The van der Waals surface area contributed by atoms with Gasteiger partial charge in [0.05, 0.1) is 10.4 Å². The van der Waals surface area contributed by atoms with E-state index in [0.717, 1.165) is 6.07 Å². The highest BCUT2D eigenvalue weighted by molar-refractivity contribution is 7.89. The molecule has 0 aliphatic carbocycles. The summed E-state index contributed by atoms with van der Waals surface area (Å²) >= 11 is 1.27. The molecule has 0 fully saturated rings. The third-order valence-corrected chi connectivity index (χ3v) is 4.76. The second-order valence-electron chi connectivity index (χ2n) is 3.85. The Morgan fingerprint density at radius 3 is 2.76 bits per heavy atom. The van der Waals surface area contributed by atoms with E-state index in [2.05, 4.69) is 15.1 Å². The minimum Gasteiger partial charge on any atom is -0.318 e. The number of thiazole rings is 1. The van der Waals surface area contributed by atoms with Crippen molar-refractivity contribution in [3.63, 3.8) is 0 Å². The van der Waals surface area contributed by atoms with Crippen molar-refractivity contribution in [1.29, 1.82) is 0 Å². The molecule has 4 N–H and O–H groups in total. The molecule has 0 saturated carbocycles. The zero-order chi connectivity index (χ0) is 15.5. The highest BCUT2D eigenvalue weighted by Gasteiger charge is 2.28. The summed E-state index contributed by atoms with van der Waals surface area (Å²) in [4.78, 5) is 14.4. The first-order chi connectivity index (χ1) is 9.95. The molecule has 0 amide bonds. The van der Waals surface area contributed by atoms with Crippen LogP contribution in [-0.4, -0.2) is 18.3 Å². The summed E-state index contributed by atoms with van der Waals surface area (Å²) in [5, 5.41) is 11.1. The van der Waals surface area contributed by atoms with E-state index in [-0.39, 0.29) is 12.2 Å². The summed E-state index contributed by atoms with van der Waals surface area (Å²) in [5.41, 5.74) is 2.99. The van der Waals surface area contributed by atoms with Crippen molar-refractivity contribution < 1.29 is 13.3 Å². The lowest BCUT2D eigenvalue weighted by Gasteiger charge is -2.09. The van der Waals surface area contributed by atoms with Gasteiger partial charge in [0.25, 0.3) is 0 Å². The van der Waals surface area contributed by atoms with E-state index in [0.29, 0.717) is 4.88 Å². The van der Waals surface area contributed by atoms with Crippen LogP contribution < -0.4 is 16.0 Å². The molecule has 9 nitrogen and oxygen atoms in total. The third-order valence-electron chi connectivity index (χ3n) is 2.55. The van der Waals surface area contributed by atoms with Gasteiger partial charge in [-0.3, -0.25) is 20.9 Å². The van der Waals surface area contributed by atoms with Crippen LogP contribution in [0.5, 0.6) is 0 Å². The Kier molecular flexibility index (Phi) is 4.47. The molecule has 2 aromatic rings. The fourth-order valence-corrected chi connectivity index (χ4v) is 3.44. The summed E-state index contributed by atoms with van der Waals surface area (Å²) in [7, 11) is -4.05. The van der Waals surface area contributed by atoms with Gasteiger partial charge in [-0.25, -0.2) is 13.1 Å². The van der Waals surface area contributed by atoms with Crippen molar-refractivity contribution in [2.24, 2.45) is 5.84 Å². The molecule has 0 saturated heterocycles. The largest absolute Gasteiger partial charge is 0.318 e. The fourth-order valence-electron chi connectivity index (χ4n) is 1.62. The number of nitro benzene ring substituents is 1. The molecule has 1 heterocycles. The van der Waals surface area contributed by atoms with Gasteiger partial charge in [-0.15, -0.1) is 11.3 Å². The number of nitrogen functional groups attached to an aromatic ring is 1. The molecule has 0 unspecified atom stereocenters. The van der Waals surface area contributed by atoms with Crippen LogP contribution in [0.3, 0.4) is 0 Å². The van der Waals surface area contributed by atoms with E-state index in [9.17, 15) is 18.5 Å². The number of rotatable bonds is 6. The average molecular weight is 329 g/mol. The smallest absolute Gasteiger partial charge is 0.313 e. The third kappa shape index (κ3) is 3.33. The maximum Gasteiger partial charge on any atom is 0.313 e. The molecule has 112 valence electrons. The lowest BCUT2D eigenvalue weighted by molar-refractivity contribution is -0.386. The molecule has 0 spiro atoms. The van der Waals surface area contributed by atoms with Crippen molar-refractivity contribution in [3.05, 3.63) is 44.9 Å². The highest BCUT2D eigenvalue weighted by Crippen LogP contribution is 2.31. The SMILES string of the molecule is NNc1cccc(S(=O)(=O)NCc2cncs2)c1[N+](=O)[O-]. The van der Waals surface area contributed by atoms with Crippen LogP contribution in [0, 0.1) is 10.1 Å². The highest BCUT2D eigenvalue weighted by atomic mass is 32.2. The van der Waals surface area contributed by atoms with E-state index in [4.69, 9.17) is 5.84 Å². The van der Waals surface area contributed by atoms with Gasteiger partial charge in [0.2, 0.25) is 10.0 Å². The molecule has 2 rings (SSSR count). The predicted molar refractivity (Wildman–Crippen MR) is 77.0 cm³/mol. The fraction of sp³-hybridized carbons (Fsp3) is 0.100.